The van der Waals surface area contributed by atoms with Crippen molar-refractivity contribution in [1.82, 2.24) is 9.47 Å². The van der Waals surface area contributed by atoms with Crippen LogP contribution in [0.4, 0.5) is 0 Å². The van der Waals surface area contributed by atoms with Crippen molar-refractivity contribution in [2.45, 2.75) is 19.9 Å². The highest BCUT2D eigenvalue weighted by molar-refractivity contribution is 5.94. The van der Waals surface area contributed by atoms with E-state index in [2.05, 4.69) is 0 Å². The molecule has 21 heavy (non-hydrogen) atoms. The molecule has 0 saturated heterocycles. The van der Waals surface area contributed by atoms with Gasteiger partial charge in [0.05, 0.1) is 11.1 Å². The number of rotatable bonds is 5. The molecular weight excluding hydrogens is 268 g/mol. The summed E-state index contributed by atoms with van der Waals surface area (Å²) in [7, 11) is 3.92. The SMILES string of the molecule is CCc1cc(C(=O)O)cc2ccc(=O)n(CCN(C)C)c12. The standard InChI is InChI=1S/C16H20N2O3/c1-4-11-9-13(16(20)21)10-12-5-6-14(19)18(15(11)12)8-7-17(2)3/h5-6,9-10H,4,7-8H2,1-3H3,(H,20,21). The monoisotopic (exact) mass is 288 g/mol. The van der Waals surface area contributed by atoms with E-state index in [0.717, 1.165) is 23.0 Å². The summed E-state index contributed by atoms with van der Waals surface area (Å²) >= 11 is 0. The molecule has 0 spiro atoms. The number of aromatic carboxylic acids is 1. The molecule has 1 aromatic carbocycles. The minimum absolute atomic E-state index is 0.0536. The Morgan fingerprint density at radius 3 is 2.57 bits per heavy atom. The Bertz CT molecular complexity index is 732. The molecule has 0 saturated carbocycles. The maximum Gasteiger partial charge on any atom is 0.335 e. The Balaban J connectivity index is 2.70. The Kier molecular flexibility index (Phi) is 4.43. The molecular formula is C16H20N2O3. The fourth-order valence-electron chi connectivity index (χ4n) is 2.45. The molecule has 5 heteroatoms. The van der Waals surface area contributed by atoms with Crippen LogP contribution in [0.15, 0.2) is 29.1 Å². The third-order valence-electron chi connectivity index (χ3n) is 3.56. The average molecular weight is 288 g/mol. The maximum absolute atomic E-state index is 12.2. The van der Waals surface area contributed by atoms with Gasteiger partial charge in [-0.3, -0.25) is 4.79 Å². The van der Waals surface area contributed by atoms with Crippen molar-refractivity contribution < 1.29 is 9.90 Å². The molecule has 0 aliphatic carbocycles. The zero-order chi connectivity index (χ0) is 15.6. The first-order chi connectivity index (χ1) is 9.93. The highest BCUT2D eigenvalue weighted by Crippen LogP contribution is 2.21. The molecule has 0 amide bonds. The van der Waals surface area contributed by atoms with Crippen molar-refractivity contribution in [1.29, 1.82) is 0 Å². The van der Waals surface area contributed by atoms with Crippen LogP contribution in [0.25, 0.3) is 10.9 Å². The van der Waals surface area contributed by atoms with Crippen LogP contribution in [-0.4, -0.2) is 41.2 Å². The molecule has 0 fully saturated rings. The molecule has 2 rings (SSSR count). The third kappa shape index (κ3) is 3.13. The molecule has 0 unspecified atom stereocenters. The number of likely N-dealkylation sites (N-methyl/N-ethyl adjacent to an activating group) is 1. The van der Waals surface area contributed by atoms with E-state index in [1.807, 2.05) is 25.9 Å². The van der Waals surface area contributed by atoms with Crippen molar-refractivity contribution in [2.24, 2.45) is 0 Å². The van der Waals surface area contributed by atoms with E-state index in [1.54, 1.807) is 22.8 Å². The van der Waals surface area contributed by atoms with Crippen molar-refractivity contribution in [3.8, 4) is 0 Å². The Morgan fingerprint density at radius 1 is 1.29 bits per heavy atom. The van der Waals surface area contributed by atoms with Crippen LogP contribution in [0.3, 0.4) is 0 Å². The number of carbonyl (C=O) groups is 1. The van der Waals surface area contributed by atoms with Crippen LogP contribution in [0, 0.1) is 0 Å². The summed E-state index contributed by atoms with van der Waals surface area (Å²) in [6, 6.07) is 6.50. The van der Waals surface area contributed by atoms with Crippen LogP contribution in [-0.2, 0) is 13.0 Å². The highest BCUT2D eigenvalue weighted by Gasteiger charge is 2.12. The van der Waals surface area contributed by atoms with Gasteiger partial charge in [0.2, 0.25) is 0 Å². The quantitative estimate of drug-likeness (QED) is 0.911. The predicted octanol–water partition coefficient (Wildman–Crippen LogP) is 1.82. The molecule has 1 N–H and O–H groups in total. The Hall–Kier alpha value is -2.14. The number of benzene rings is 1. The van der Waals surface area contributed by atoms with E-state index >= 15 is 0 Å². The second kappa shape index (κ2) is 6.10. The number of hydrogen-bond donors (Lipinski definition) is 1. The summed E-state index contributed by atoms with van der Waals surface area (Å²) in [5.41, 5.74) is 1.94. The van der Waals surface area contributed by atoms with Gasteiger partial charge in [-0.1, -0.05) is 6.92 Å². The number of fused-ring (bicyclic) bond motifs is 1. The van der Waals surface area contributed by atoms with Gasteiger partial charge >= 0.3 is 5.97 Å². The van der Waals surface area contributed by atoms with Crippen molar-refractivity contribution in [3.05, 3.63) is 45.7 Å². The van der Waals surface area contributed by atoms with E-state index in [-0.39, 0.29) is 11.1 Å². The second-order valence-corrected chi connectivity index (χ2v) is 5.36. The zero-order valence-corrected chi connectivity index (χ0v) is 12.6. The number of aromatic nitrogens is 1. The summed E-state index contributed by atoms with van der Waals surface area (Å²) in [5.74, 6) is -0.947. The lowest BCUT2D eigenvalue weighted by Crippen LogP contribution is -2.26. The molecule has 5 nitrogen and oxygen atoms in total. The normalized spacial score (nSPS) is 11.2. The summed E-state index contributed by atoms with van der Waals surface area (Å²) in [5, 5.41) is 9.99. The van der Waals surface area contributed by atoms with Gasteiger partial charge in [0.15, 0.2) is 0 Å². The van der Waals surface area contributed by atoms with E-state index < -0.39 is 5.97 Å². The fourth-order valence-corrected chi connectivity index (χ4v) is 2.45. The lowest BCUT2D eigenvalue weighted by atomic mass is 10.0. The first kappa shape index (κ1) is 15.3. The topological polar surface area (TPSA) is 62.5 Å². The van der Waals surface area contributed by atoms with E-state index in [0.29, 0.717) is 13.0 Å². The maximum atomic E-state index is 12.2. The van der Waals surface area contributed by atoms with E-state index in [1.165, 1.54) is 6.07 Å². The Morgan fingerprint density at radius 2 is 2.00 bits per heavy atom. The number of carboxylic acids is 1. The van der Waals surface area contributed by atoms with Crippen LogP contribution < -0.4 is 5.56 Å². The number of hydrogen-bond acceptors (Lipinski definition) is 3. The summed E-state index contributed by atoms with van der Waals surface area (Å²) in [4.78, 5) is 25.4. The van der Waals surface area contributed by atoms with Crippen LogP contribution in [0.1, 0.15) is 22.8 Å². The first-order valence-electron chi connectivity index (χ1n) is 6.98. The smallest absolute Gasteiger partial charge is 0.335 e. The number of carboxylic acid groups (broad SMARTS) is 1. The third-order valence-corrected chi connectivity index (χ3v) is 3.56. The summed E-state index contributed by atoms with van der Waals surface area (Å²) < 4.78 is 1.74. The van der Waals surface area contributed by atoms with Crippen molar-refractivity contribution in [3.63, 3.8) is 0 Å². The Labute approximate surface area is 123 Å². The zero-order valence-electron chi connectivity index (χ0n) is 12.6. The van der Waals surface area contributed by atoms with Crippen molar-refractivity contribution >= 4 is 16.9 Å². The van der Waals surface area contributed by atoms with E-state index in [4.69, 9.17) is 0 Å². The predicted molar refractivity (Wildman–Crippen MR) is 83.1 cm³/mol. The van der Waals surface area contributed by atoms with Crippen LogP contribution in [0.5, 0.6) is 0 Å². The molecule has 1 heterocycles. The second-order valence-electron chi connectivity index (χ2n) is 5.36. The lowest BCUT2D eigenvalue weighted by molar-refractivity contribution is 0.0697. The fraction of sp³-hybridized carbons (Fsp3) is 0.375. The lowest BCUT2D eigenvalue weighted by Gasteiger charge is -2.16. The summed E-state index contributed by atoms with van der Waals surface area (Å²) in [6.45, 7) is 3.31. The molecule has 2 aromatic rings. The van der Waals surface area contributed by atoms with Crippen LogP contribution in [0.2, 0.25) is 0 Å². The van der Waals surface area contributed by atoms with Gasteiger partial charge in [0, 0.05) is 19.2 Å². The van der Waals surface area contributed by atoms with Gasteiger partial charge in [-0.15, -0.1) is 0 Å². The molecule has 0 radical (unpaired) electrons. The van der Waals surface area contributed by atoms with Gasteiger partial charge in [0.1, 0.15) is 0 Å². The number of pyridine rings is 1. The van der Waals surface area contributed by atoms with E-state index in [9.17, 15) is 14.7 Å². The van der Waals surface area contributed by atoms with Gasteiger partial charge in [-0.2, -0.15) is 0 Å². The number of nitrogens with zero attached hydrogens (tertiary/aromatic N) is 2. The van der Waals surface area contributed by atoms with Gasteiger partial charge in [0.25, 0.3) is 5.56 Å². The average Bonchev–Trinajstić information content (AvgIpc) is 2.44. The van der Waals surface area contributed by atoms with Crippen LogP contribution >= 0.6 is 0 Å². The van der Waals surface area contributed by atoms with Gasteiger partial charge in [-0.05, 0) is 49.7 Å². The molecule has 0 aliphatic heterocycles. The molecule has 1 aromatic heterocycles. The summed E-state index contributed by atoms with van der Waals surface area (Å²) in [6.07, 6.45) is 0.684. The molecule has 112 valence electrons. The minimum Gasteiger partial charge on any atom is -0.478 e. The minimum atomic E-state index is -0.947. The number of aryl methyl sites for hydroxylation is 1. The van der Waals surface area contributed by atoms with Gasteiger partial charge in [-0.25, -0.2) is 4.79 Å². The first-order valence-corrected chi connectivity index (χ1v) is 6.98. The molecule has 0 bridgehead atoms. The van der Waals surface area contributed by atoms with Crippen molar-refractivity contribution in [2.75, 3.05) is 20.6 Å². The largest absolute Gasteiger partial charge is 0.478 e. The molecule has 0 atom stereocenters. The molecule has 0 aliphatic rings. The highest BCUT2D eigenvalue weighted by atomic mass is 16.4. The van der Waals surface area contributed by atoms with Gasteiger partial charge < -0.3 is 14.6 Å².